The van der Waals surface area contributed by atoms with E-state index in [2.05, 4.69) is 19.2 Å². The quantitative estimate of drug-likeness (QED) is 0.670. The van der Waals surface area contributed by atoms with Gasteiger partial charge in [-0.15, -0.1) is 0 Å². The van der Waals surface area contributed by atoms with Crippen molar-refractivity contribution in [1.29, 1.82) is 0 Å². The third kappa shape index (κ3) is 3.87. The normalized spacial score (nSPS) is 21.1. The number of nitrogens with one attached hydrogen (secondary N) is 1. The Labute approximate surface area is 107 Å². The summed E-state index contributed by atoms with van der Waals surface area (Å²) in [6.45, 7) is 5.33. The highest BCUT2D eigenvalue weighted by Gasteiger charge is 2.30. The van der Waals surface area contributed by atoms with Crippen LogP contribution in [0.2, 0.25) is 0 Å². The average Bonchev–Trinajstić information content (AvgIpc) is 2.77. The van der Waals surface area contributed by atoms with Gasteiger partial charge in [0.1, 0.15) is 6.04 Å². The van der Waals surface area contributed by atoms with E-state index in [-0.39, 0.29) is 19.1 Å². The molecule has 1 saturated heterocycles. The van der Waals surface area contributed by atoms with Crippen LogP contribution in [0.4, 0.5) is 4.79 Å². The van der Waals surface area contributed by atoms with Crippen molar-refractivity contribution >= 4 is 12.0 Å². The highest BCUT2D eigenvalue weighted by molar-refractivity contribution is 5.82. The molecule has 0 radical (unpaired) electrons. The third-order valence-electron chi connectivity index (χ3n) is 3.47. The number of carbonyl (C=O) groups is 2. The average molecular weight is 258 g/mol. The molecule has 1 unspecified atom stereocenters. The number of rotatable bonds is 5. The predicted octanol–water partition coefficient (Wildman–Crippen LogP) is 0.509. The number of amides is 2. The highest BCUT2D eigenvalue weighted by atomic mass is 16.4. The Morgan fingerprint density at radius 1 is 1.44 bits per heavy atom. The molecule has 1 rings (SSSR count). The van der Waals surface area contributed by atoms with Crippen molar-refractivity contribution in [3.8, 4) is 0 Å². The second-order valence-corrected chi connectivity index (χ2v) is 5.09. The number of carbonyl (C=O) groups excluding carboxylic acids is 1. The zero-order valence-electron chi connectivity index (χ0n) is 10.9. The summed E-state index contributed by atoms with van der Waals surface area (Å²) in [5.41, 5.74) is 0. The Hall–Kier alpha value is -1.30. The van der Waals surface area contributed by atoms with Crippen LogP contribution in [-0.2, 0) is 4.79 Å². The predicted molar refractivity (Wildman–Crippen MR) is 66.2 cm³/mol. The van der Waals surface area contributed by atoms with Crippen molar-refractivity contribution in [3.05, 3.63) is 0 Å². The van der Waals surface area contributed by atoms with Crippen LogP contribution in [0.3, 0.4) is 0 Å². The molecule has 1 heterocycles. The molecular weight excluding hydrogens is 236 g/mol. The molecule has 18 heavy (non-hydrogen) atoms. The lowest BCUT2D eigenvalue weighted by molar-refractivity contribution is -0.139. The van der Waals surface area contributed by atoms with Gasteiger partial charge in [0, 0.05) is 26.1 Å². The maximum Gasteiger partial charge on any atom is 0.326 e. The standard InChI is InChI=1S/C12H22N2O4/c1-8(2)9-3-5-14(7-9)12(18)13-10(4-6-15)11(16)17/h8-10,15H,3-7H2,1-2H3,(H,13,18)(H,16,17)/t9?,10-/m0/s1. The molecule has 2 atom stereocenters. The number of aliphatic carboxylic acids is 1. The fraction of sp³-hybridized carbons (Fsp3) is 0.833. The summed E-state index contributed by atoms with van der Waals surface area (Å²) in [7, 11) is 0. The van der Waals surface area contributed by atoms with E-state index in [1.807, 2.05) is 0 Å². The first-order valence-electron chi connectivity index (χ1n) is 6.34. The summed E-state index contributed by atoms with van der Waals surface area (Å²) in [5.74, 6) is -0.107. The smallest absolute Gasteiger partial charge is 0.326 e. The van der Waals surface area contributed by atoms with E-state index in [0.717, 1.165) is 6.42 Å². The molecule has 2 amide bonds. The fourth-order valence-corrected chi connectivity index (χ4v) is 2.14. The van der Waals surface area contributed by atoms with Crippen LogP contribution in [0, 0.1) is 11.8 Å². The molecule has 104 valence electrons. The number of aliphatic hydroxyl groups excluding tert-OH is 1. The number of carboxylic acid groups (broad SMARTS) is 1. The summed E-state index contributed by atoms with van der Waals surface area (Å²) < 4.78 is 0. The Bertz CT molecular complexity index is 306. The van der Waals surface area contributed by atoms with Crippen LogP contribution < -0.4 is 5.32 Å². The molecule has 6 heteroatoms. The minimum Gasteiger partial charge on any atom is -0.480 e. The minimum absolute atomic E-state index is 0.0303. The van der Waals surface area contributed by atoms with E-state index in [1.165, 1.54) is 0 Å². The van der Waals surface area contributed by atoms with E-state index in [9.17, 15) is 9.59 Å². The molecule has 0 aliphatic carbocycles. The van der Waals surface area contributed by atoms with Crippen molar-refractivity contribution in [2.75, 3.05) is 19.7 Å². The van der Waals surface area contributed by atoms with Crippen molar-refractivity contribution in [2.24, 2.45) is 11.8 Å². The second-order valence-electron chi connectivity index (χ2n) is 5.09. The topological polar surface area (TPSA) is 89.9 Å². The summed E-state index contributed by atoms with van der Waals surface area (Å²) in [6, 6.07) is -1.36. The van der Waals surface area contributed by atoms with Gasteiger partial charge in [-0.25, -0.2) is 9.59 Å². The van der Waals surface area contributed by atoms with Gasteiger partial charge in [0.25, 0.3) is 0 Å². The van der Waals surface area contributed by atoms with Gasteiger partial charge in [-0.3, -0.25) is 0 Å². The van der Waals surface area contributed by atoms with Gasteiger partial charge in [0.15, 0.2) is 0 Å². The zero-order valence-corrected chi connectivity index (χ0v) is 10.9. The van der Waals surface area contributed by atoms with Crippen LogP contribution >= 0.6 is 0 Å². The summed E-state index contributed by atoms with van der Waals surface area (Å²) in [5, 5.41) is 20.1. The van der Waals surface area contributed by atoms with E-state index in [4.69, 9.17) is 10.2 Å². The van der Waals surface area contributed by atoms with Crippen LogP contribution in [-0.4, -0.2) is 52.9 Å². The van der Waals surface area contributed by atoms with E-state index < -0.39 is 12.0 Å². The lowest BCUT2D eigenvalue weighted by Crippen LogP contribution is -2.47. The van der Waals surface area contributed by atoms with Crippen molar-refractivity contribution in [3.63, 3.8) is 0 Å². The van der Waals surface area contributed by atoms with Crippen LogP contribution in [0.1, 0.15) is 26.7 Å². The molecule has 0 bridgehead atoms. The van der Waals surface area contributed by atoms with Gasteiger partial charge in [-0.05, 0) is 18.3 Å². The molecule has 0 spiro atoms. The molecule has 0 aromatic heterocycles. The number of aliphatic hydroxyl groups is 1. The fourth-order valence-electron chi connectivity index (χ4n) is 2.14. The molecule has 1 fully saturated rings. The van der Waals surface area contributed by atoms with Crippen molar-refractivity contribution in [1.82, 2.24) is 10.2 Å². The van der Waals surface area contributed by atoms with Gasteiger partial charge < -0.3 is 20.4 Å². The number of hydrogen-bond donors (Lipinski definition) is 3. The molecule has 1 aliphatic rings. The maximum absolute atomic E-state index is 11.9. The lowest BCUT2D eigenvalue weighted by Gasteiger charge is -2.21. The molecule has 3 N–H and O–H groups in total. The summed E-state index contributed by atoms with van der Waals surface area (Å²) in [4.78, 5) is 24.4. The number of hydrogen-bond acceptors (Lipinski definition) is 3. The number of likely N-dealkylation sites (tertiary alicyclic amines) is 1. The Kier molecular flexibility index (Phi) is 5.40. The van der Waals surface area contributed by atoms with Gasteiger partial charge >= 0.3 is 12.0 Å². The molecule has 0 saturated carbocycles. The highest BCUT2D eigenvalue weighted by Crippen LogP contribution is 2.23. The third-order valence-corrected chi connectivity index (χ3v) is 3.47. The Balaban J connectivity index is 2.48. The van der Waals surface area contributed by atoms with Gasteiger partial charge in [0.05, 0.1) is 0 Å². The maximum atomic E-state index is 11.9. The molecule has 0 aromatic carbocycles. The van der Waals surface area contributed by atoms with Crippen LogP contribution in [0.15, 0.2) is 0 Å². The Morgan fingerprint density at radius 2 is 2.11 bits per heavy atom. The van der Waals surface area contributed by atoms with Gasteiger partial charge in [-0.1, -0.05) is 13.8 Å². The largest absolute Gasteiger partial charge is 0.480 e. The Morgan fingerprint density at radius 3 is 2.56 bits per heavy atom. The van der Waals surface area contributed by atoms with Crippen molar-refractivity contribution < 1.29 is 19.8 Å². The van der Waals surface area contributed by atoms with E-state index in [1.54, 1.807) is 4.90 Å². The van der Waals surface area contributed by atoms with E-state index >= 15 is 0 Å². The number of carboxylic acids is 1. The first kappa shape index (κ1) is 14.8. The lowest BCUT2D eigenvalue weighted by atomic mass is 9.95. The summed E-state index contributed by atoms with van der Waals surface area (Å²) >= 11 is 0. The van der Waals surface area contributed by atoms with Crippen LogP contribution in [0.25, 0.3) is 0 Å². The van der Waals surface area contributed by atoms with Gasteiger partial charge in [-0.2, -0.15) is 0 Å². The molecule has 6 nitrogen and oxygen atoms in total. The molecular formula is C12H22N2O4. The van der Waals surface area contributed by atoms with Gasteiger partial charge in [0.2, 0.25) is 0 Å². The molecule has 1 aliphatic heterocycles. The monoisotopic (exact) mass is 258 g/mol. The van der Waals surface area contributed by atoms with Crippen LogP contribution in [0.5, 0.6) is 0 Å². The van der Waals surface area contributed by atoms with E-state index in [0.29, 0.717) is 24.9 Å². The summed E-state index contributed by atoms with van der Waals surface area (Å²) in [6.07, 6.45) is 0.991. The SMILES string of the molecule is CC(C)C1CCN(C(=O)N[C@@H](CCO)C(=O)O)C1. The number of urea groups is 1. The van der Waals surface area contributed by atoms with Crippen molar-refractivity contribution in [2.45, 2.75) is 32.7 Å². The first-order valence-corrected chi connectivity index (χ1v) is 6.34. The number of nitrogens with zero attached hydrogens (tertiary/aromatic N) is 1. The molecule has 0 aromatic rings. The first-order chi connectivity index (χ1) is 8.45. The second kappa shape index (κ2) is 6.58. The minimum atomic E-state index is -1.11. The zero-order chi connectivity index (χ0) is 13.7.